The van der Waals surface area contributed by atoms with E-state index >= 15 is 0 Å². The quantitative estimate of drug-likeness (QED) is 0.662. The molecule has 2 aromatic carbocycles. The van der Waals surface area contributed by atoms with Gasteiger partial charge in [-0.1, -0.05) is 34.1 Å². The number of amidine groups is 1. The van der Waals surface area contributed by atoms with Crippen LogP contribution in [0.3, 0.4) is 0 Å². The van der Waals surface area contributed by atoms with Gasteiger partial charge in [-0.25, -0.2) is 0 Å². The van der Waals surface area contributed by atoms with Gasteiger partial charge in [0.25, 0.3) is 0 Å². The van der Waals surface area contributed by atoms with E-state index in [0.717, 1.165) is 4.47 Å². The summed E-state index contributed by atoms with van der Waals surface area (Å²) in [6, 6.07) is 14.7. The Kier molecular flexibility index (Phi) is 5.19. The number of nitrogens with one attached hydrogen (secondary N) is 1. The normalized spacial score (nSPS) is 9.39. The Hall–Kier alpha value is -1.52. The van der Waals surface area contributed by atoms with E-state index < -0.39 is 0 Å². The summed E-state index contributed by atoms with van der Waals surface area (Å²) < 4.78 is 6.64. The van der Waals surface area contributed by atoms with Crippen molar-refractivity contribution in [1.82, 2.24) is 0 Å². The van der Waals surface area contributed by atoms with Crippen molar-refractivity contribution in [2.75, 3.05) is 0 Å². The molecule has 0 unspecified atom stereocenters. The fraction of sp³-hybridized carbons (Fsp3) is 0. The van der Waals surface area contributed by atoms with Crippen molar-refractivity contribution in [2.24, 2.45) is 5.73 Å². The summed E-state index contributed by atoms with van der Waals surface area (Å²) in [5, 5.41) is 7.47. The zero-order valence-corrected chi connectivity index (χ0v) is 11.8. The highest BCUT2D eigenvalue weighted by molar-refractivity contribution is 9.10. The van der Waals surface area contributed by atoms with Crippen molar-refractivity contribution in [3.05, 3.63) is 58.6 Å². The lowest BCUT2D eigenvalue weighted by Crippen LogP contribution is -2.12. The molecule has 0 saturated heterocycles. The molecule has 0 aromatic heterocycles. The van der Waals surface area contributed by atoms with Crippen LogP contribution in [-0.2, 0) is 0 Å². The Balaban J connectivity index is 0.00000162. The van der Waals surface area contributed by atoms with Crippen molar-refractivity contribution in [3.8, 4) is 11.5 Å². The van der Waals surface area contributed by atoms with Crippen LogP contribution >= 0.6 is 28.3 Å². The minimum absolute atomic E-state index is 0. The minimum Gasteiger partial charge on any atom is -0.457 e. The van der Waals surface area contributed by atoms with E-state index in [9.17, 15) is 0 Å². The van der Waals surface area contributed by atoms with Crippen LogP contribution in [0.4, 0.5) is 0 Å². The molecule has 3 nitrogen and oxygen atoms in total. The number of ether oxygens (including phenoxy) is 1. The molecule has 0 saturated carbocycles. The van der Waals surface area contributed by atoms with Crippen LogP contribution in [0.2, 0.25) is 0 Å². The summed E-state index contributed by atoms with van der Waals surface area (Å²) in [5.41, 5.74) is 6.08. The first-order chi connectivity index (χ1) is 8.16. The molecule has 0 fully saturated rings. The third-order valence-corrected chi connectivity index (χ3v) is 2.69. The number of halogens is 2. The summed E-state index contributed by atoms with van der Waals surface area (Å²) in [7, 11) is 0. The first-order valence-corrected chi connectivity index (χ1v) is 5.83. The van der Waals surface area contributed by atoms with Gasteiger partial charge in [0, 0.05) is 4.47 Å². The molecule has 0 atom stereocenters. The number of rotatable bonds is 3. The fourth-order valence-corrected chi connectivity index (χ4v) is 1.81. The zero-order chi connectivity index (χ0) is 12.3. The van der Waals surface area contributed by atoms with E-state index in [1.165, 1.54) is 0 Å². The first kappa shape index (κ1) is 14.5. The van der Waals surface area contributed by atoms with E-state index in [1.807, 2.05) is 36.4 Å². The topological polar surface area (TPSA) is 59.1 Å². The Morgan fingerprint density at radius 1 is 1.11 bits per heavy atom. The van der Waals surface area contributed by atoms with Crippen LogP contribution in [0, 0.1) is 5.41 Å². The average molecular weight is 328 g/mol. The van der Waals surface area contributed by atoms with Gasteiger partial charge in [-0.3, -0.25) is 5.41 Å². The lowest BCUT2D eigenvalue weighted by Gasteiger charge is -2.10. The Bertz CT molecular complexity index is 560. The van der Waals surface area contributed by atoms with Crippen LogP contribution < -0.4 is 10.5 Å². The van der Waals surface area contributed by atoms with Gasteiger partial charge < -0.3 is 10.5 Å². The largest absolute Gasteiger partial charge is 0.457 e. The third-order valence-electron chi connectivity index (χ3n) is 2.20. The highest BCUT2D eigenvalue weighted by atomic mass is 79.9. The van der Waals surface area contributed by atoms with Gasteiger partial charge in [-0.15, -0.1) is 12.4 Å². The lowest BCUT2D eigenvalue weighted by atomic mass is 10.2. The summed E-state index contributed by atoms with van der Waals surface area (Å²) in [4.78, 5) is 0. The van der Waals surface area contributed by atoms with E-state index in [1.54, 1.807) is 12.1 Å². The summed E-state index contributed by atoms with van der Waals surface area (Å²) in [6.07, 6.45) is 0. The van der Waals surface area contributed by atoms with Gasteiger partial charge in [0.1, 0.15) is 17.3 Å². The van der Waals surface area contributed by atoms with Crippen LogP contribution in [0.25, 0.3) is 0 Å². The van der Waals surface area contributed by atoms with Gasteiger partial charge in [-0.2, -0.15) is 0 Å². The lowest BCUT2D eigenvalue weighted by molar-refractivity contribution is 0.481. The molecule has 0 aliphatic heterocycles. The number of hydrogen-bond acceptors (Lipinski definition) is 2. The summed E-state index contributed by atoms with van der Waals surface area (Å²) in [5.74, 6) is 1.28. The van der Waals surface area contributed by atoms with Crippen LogP contribution in [0.15, 0.2) is 53.0 Å². The fourth-order valence-electron chi connectivity index (χ4n) is 1.44. The molecule has 5 heteroatoms. The number of hydrogen-bond donors (Lipinski definition) is 2. The molecule has 18 heavy (non-hydrogen) atoms. The smallest absolute Gasteiger partial charge is 0.138 e. The van der Waals surface area contributed by atoms with E-state index in [2.05, 4.69) is 15.9 Å². The summed E-state index contributed by atoms with van der Waals surface area (Å²) >= 11 is 3.38. The van der Waals surface area contributed by atoms with Crippen molar-refractivity contribution in [2.45, 2.75) is 0 Å². The number of benzene rings is 2. The highest BCUT2D eigenvalue weighted by Crippen LogP contribution is 2.26. The summed E-state index contributed by atoms with van der Waals surface area (Å²) in [6.45, 7) is 0. The molecule has 0 spiro atoms. The van der Waals surface area contributed by atoms with E-state index in [0.29, 0.717) is 17.1 Å². The molecule has 0 aliphatic carbocycles. The van der Waals surface area contributed by atoms with E-state index in [4.69, 9.17) is 15.9 Å². The van der Waals surface area contributed by atoms with Crippen molar-refractivity contribution < 1.29 is 4.74 Å². The Labute approximate surface area is 120 Å². The van der Waals surface area contributed by atoms with Gasteiger partial charge in [0.2, 0.25) is 0 Å². The maximum Gasteiger partial charge on any atom is 0.138 e. The molecule has 0 aliphatic rings. The van der Waals surface area contributed by atoms with Gasteiger partial charge in [0.15, 0.2) is 0 Å². The first-order valence-electron chi connectivity index (χ1n) is 5.03. The van der Waals surface area contributed by atoms with Crippen molar-refractivity contribution in [3.63, 3.8) is 0 Å². The second-order valence-electron chi connectivity index (χ2n) is 3.47. The standard InChI is InChI=1S/C13H11BrN2O.ClH/c14-9-4-3-5-10(8-9)17-12-7-2-1-6-11(12)13(15)16;/h1-8H,(H3,15,16);1H. The zero-order valence-electron chi connectivity index (χ0n) is 9.39. The molecule has 0 amide bonds. The number of para-hydroxylation sites is 1. The SMILES string of the molecule is Cl.N=C(N)c1ccccc1Oc1cccc(Br)c1. The second-order valence-corrected chi connectivity index (χ2v) is 4.38. The molecule has 0 heterocycles. The average Bonchev–Trinajstić information content (AvgIpc) is 2.29. The maximum absolute atomic E-state index is 7.47. The molecule has 94 valence electrons. The maximum atomic E-state index is 7.47. The molecule has 2 aromatic rings. The van der Waals surface area contributed by atoms with Crippen LogP contribution in [-0.4, -0.2) is 5.84 Å². The predicted octanol–water partition coefficient (Wildman–Crippen LogP) is 3.95. The Morgan fingerprint density at radius 3 is 2.50 bits per heavy atom. The molecule has 3 N–H and O–H groups in total. The molecular weight excluding hydrogens is 316 g/mol. The van der Waals surface area contributed by atoms with Crippen LogP contribution in [0.5, 0.6) is 11.5 Å². The van der Waals surface area contributed by atoms with Gasteiger partial charge in [-0.05, 0) is 30.3 Å². The molecule has 2 rings (SSSR count). The van der Waals surface area contributed by atoms with Gasteiger partial charge in [0.05, 0.1) is 5.56 Å². The second kappa shape index (κ2) is 6.42. The number of nitrogen functional groups attached to an aromatic ring is 1. The van der Waals surface area contributed by atoms with Crippen molar-refractivity contribution in [1.29, 1.82) is 5.41 Å². The molecule has 0 bridgehead atoms. The predicted molar refractivity (Wildman–Crippen MR) is 78.9 cm³/mol. The van der Waals surface area contributed by atoms with Crippen molar-refractivity contribution >= 4 is 34.2 Å². The minimum atomic E-state index is -0.00408. The monoisotopic (exact) mass is 326 g/mol. The molecule has 0 radical (unpaired) electrons. The number of nitrogens with two attached hydrogens (primary N) is 1. The third kappa shape index (κ3) is 3.48. The van der Waals surface area contributed by atoms with Gasteiger partial charge >= 0.3 is 0 Å². The highest BCUT2D eigenvalue weighted by Gasteiger charge is 2.06. The van der Waals surface area contributed by atoms with E-state index in [-0.39, 0.29) is 18.2 Å². The van der Waals surface area contributed by atoms with Crippen LogP contribution in [0.1, 0.15) is 5.56 Å². The Morgan fingerprint density at radius 2 is 1.83 bits per heavy atom. The molecular formula is C13H12BrClN2O.